The van der Waals surface area contributed by atoms with Gasteiger partial charge in [-0.3, -0.25) is 0 Å². The van der Waals surface area contributed by atoms with Crippen LogP contribution in [-0.4, -0.2) is 38.5 Å². The van der Waals surface area contributed by atoms with Crippen molar-refractivity contribution in [1.82, 2.24) is 0 Å². The van der Waals surface area contributed by atoms with Crippen molar-refractivity contribution < 1.29 is 24.1 Å². The van der Waals surface area contributed by atoms with Crippen LogP contribution < -0.4 is 9.47 Å². The summed E-state index contributed by atoms with van der Waals surface area (Å²) in [6.07, 6.45) is 2.25. The Morgan fingerprint density at radius 1 is 1.20 bits per heavy atom. The smallest absolute Gasteiger partial charge is 0.330 e. The molecule has 0 aromatic heterocycles. The van der Waals surface area contributed by atoms with Crippen LogP contribution in [0.4, 0.5) is 0 Å². The Hall–Kier alpha value is -2.01. The van der Waals surface area contributed by atoms with Gasteiger partial charge in [-0.25, -0.2) is 4.79 Å². The minimum absolute atomic E-state index is 0.339. The number of hydrogen-bond donors (Lipinski definition) is 1. The molecule has 5 nitrogen and oxygen atoms in total. The van der Waals surface area contributed by atoms with Gasteiger partial charge in [0.1, 0.15) is 0 Å². The summed E-state index contributed by atoms with van der Waals surface area (Å²) in [7, 11) is 4.41. The molecule has 20 heavy (non-hydrogen) atoms. The second kappa shape index (κ2) is 7.55. The largest absolute Gasteiger partial charge is 0.493 e. The van der Waals surface area contributed by atoms with E-state index in [0.717, 1.165) is 5.56 Å². The van der Waals surface area contributed by atoms with E-state index in [-0.39, 0.29) is 5.92 Å². The molecule has 1 rings (SSSR count). The molecule has 0 amide bonds. The fourth-order valence-electron chi connectivity index (χ4n) is 1.86. The average molecular weight is 280 g/mol. The van der Waals surface area contributed by atoms with Gasteiger partial charge in [-0.2, -0.15) is 0 Å². The lowest BCUT2D eigenvalue weighted by Gasteiger charge is -2.18. The summed E-state index contributed by atoms with van der Waals surface area (Å²) in [5.41, 5.74) is 0.817. The number of carbonyl (C=O) groups excluding carboxylic acids is 1. The molecule has 0 aliphatic rings. The maximum atomic E-state index is 11.2. The van der Waals surface area contributed by atoms with Crippen molar-refractivity contribution in [3.8, 4) is 11.5 Å². The van der Waals surface area contributed by atoms with Crippen molar-refractivity contribution in [2.75, 3.05) is 21.3 Å². The monoisotopic (exact) mass is 280 g/mol. The molecule has 1 aromatic carbocycles. The highest BCUT2D eigenvalue weighted by Gasteiger charge is 2.17. The summed E-state index contributed by atoms with van der Waals surface area (Å²) in [5.74, 6) is 0.379. The first-order chi connectivity index (χ1) is 9.53. The highest BCUT2D eigenvalue weighted by Crippen LogP contribution is 2.32. The maximum Gasteiger partial charge on any atom is 0.330 e. The first-order valence-corrected chi connectivity index (χ1v) is 6.19. The van der Waals surface area contributed by atoms with Crippen molar-refractivity contribution in [2.24, 2.45) is 0 Å². The van der Waals surface area contributed by atoms with Crippen molar-refractivity contribution in [1.29, 1.82) is 0 Å². The Labute approximate surface area is 118 Å². The standard InChI is InChI=1S/C15H20O5/c1-10(16)12(6-8-15(17)20-4)11-5-7-13(18-2)14(9-11)19-3/h5-10,12,16H,1-4H3/b8-6+. The average Bonchev–Trinajstić information content (AvgIpc) is 2.46. The lowest BCUT2D eigenvalue weighted by molar-refractivity contribution is -0.134. The van der Waals surface area contributed by atoms with E-state index in [0.29, 0.717) is 11.5 Å². The van der Waals surface area contributed by atoms with E-state index in [4.69, 9.17) is 9.47 Å². The van der Waals surface area contributed by atoms with Gasteiger partial charge in [0.05, 0.1) is 27.4 Å². The van der Waals surface area contributed by atoms with Gasteiger partial charge in [0.15, 0.2) is 11.5 Å². The van der Waals surface area contributed by atoms with Crippen molar-refractivity contribution in [2.45, 2.75) is 18.9 Å². The minimum atomic E-state index is -0.658. The fraction of sp³-hybridized carbons (Fsp3) is 0.400. The molecule has 0 bridgehead atoms. The minimum Gasteiger partial charge on any atom is -0.493 e. The molecule has 2 atom stereocenters. The quantitative estimate of drug-likeness (QED) is 0.637. The molecular formula is C15H20O5. The van der Waals surface area contributed by atoms with Gasteiger partial charge in [0, 0.05) is 12.0 Å². The number of methoxy groups -OCH3 is 3. The molecular weight excluding hydrogens is 260 g/mol. The summed E-state index contributed by atoms with van der Waals surface area (Å²) in [6, 6.07) is 5.35. The van der Waals surface area contributed by atoms with E-state index in [2.05, 4.69) is 4.74 Å². The number of esters is 1. The van der Waals surface area contributed by atoms with Gasteiger partial charge in [-0.05, 0) is 24.6 Å². The highest BCUT2D eigenvalue weighted by molar-refractivity contribution is 5.81. The molecule has 1 aromatic rings. The van der Waals surface area contributed by atoms with Gasteiger partial charge in [0.2, 0.25) is 0 Å². The second-order valence-corrected chi connectivity index (χ2v) is 4.26. The molecule has 0 spiro atoms. The van der Waals surface area contributed by atoms with Gasteiger partial charge >= 0.3 is 5.97 Å². The highest BCUT2D eigenvalue weighted by atomic mass is 16.5. The lowest BCUT2D eigenvalue weighted by Crippen LogP contribution is -2.13. The maximum absolute atomic E-state index is 11.2. The number of carbonyl (C=O) groups is 1. The summed E-state index contributed by atoms with van der Waals surface area (Å²) in [5, 5.41) is 9.87. The first-order valence-electron chi connectivity index (χ1n) is 6.19. The fourth-order valence-corrected chi connectivity index (χ4v) is 1.86. The van der Waals surface area contributed by atoms with Crippen molar-refractivity contribution in [3.63, 3.8) is 0 Å². The Balaban J connectivity index is 3.09. The number of aliphatic hydroxyl groups excluding tert-OH is 1. The molecule has 1 N–H and O–H groups in total. The first kappa shape index (κ1) is 16.0. The number of hydrogen-bond acceptors (Lipinski definition) is 5. The van der Waals surface area contributed by atoms with Gasteiger partial charge in [-0.15, -0.1) is 0 Å². The predicted molar refractivity (Wildman–Crippen MR) is 75.1 cm³/mol. The second-order valence-electron chi connectivity index (χ2n) is 4.26. The molecule has 0 radical (unpaired) electrons. The van der Waals surface area contributed by atoms with Gasteiger partial charge in [-0.1, -0.05) is 12.1 Å². The van der Waals surface area contributed by atoms with Crippen molar-refractivity contribution in [3.05, 3.63) is 35.9 Å². The number of ether oxygens (including phenoxy) is 3. The van der Waals surface area contributed by atoms with Crippen LogP contribution >= 0.6 is 0 Å². The predicted octanol–water partition coefficient (Wildman–Crippen LogP) is 1.90. The molecule has 0 aliphatic heterocycles. The van der Waals surface area contributed by atoms with Crippen LogP contribution in [-0.2, 0) is 9.53 Å². The van der Waals surface area contributed by atoms with Gasteiger partial charge in [0.25, 0.3) is 0 Å². The Morgan fingerprint density at radius 3 is 2.35 bits per heavy atom. The summed E-state index contributed by atoms with van der Waals surface area (Å²) in [4.78, 5) is 11.2. The van der Waals surface area contributed by atoms with Gasteiger partial charge < -0.3 is 19.3 Å². The zero-order valence-electron chi connectivity index (χ0n) is 12.1. The number of rotatable bonds is 6. The summed E-state index contributed by atoms with van der Waals surface area (Å²) < 4.78 is 14.9. The molecule has 2 unspecified atom stereocenters. The molecule has 0 fully saturated rings. The molecule has 110 valence electrons. The van der Waals surface area contributed by atoms with E-state index in [1.54, 1.807) is 39.4 Å². The number of aliphatic hydroxyl groups is 1. The number of benzene rings is 1. The Bertz CT molecular complexity index is 479. The molecule has 0 saturated heterocycles. The zero-order valence-corrected chi connectivity index (χ0v) is 12.1. The summed E-state index contributed by atoms with van der Waals surface area (Å²) in [6.45, 7) is 1.66. The van der Waals surface area contributed by atoms with Crippen LogP contribution in [0.25, 0.3) is 0 Å². The van der Waals surface area contributed by atoms with Crippen LogP contribution in [0.1, 0.15) is 18.4 Å². The summed E-state index contributed by atoms with van der Waals surface area (Å²) >= 11 is 0. The SMILES string of the molecule is COC(=O)/C=C/C(c1ccc(OC)c(OC)c1)C(C)O. The molecule has 0 aliphatic carbocycles. The van der Waals surface area contributed by atoms with E-state index < -0.39 is 12.1 Å². The Kier molecular flexibility index (Phi) is 6.06. The van der Waals surface area contributed by atoms with Crippen LogP contribution in [0.3, 0.4) is 0 Å². The molecule has 0 saturated carbocycles. The Morgan fingerprint density at radius 2 is 1.85 bits per heavy atom. The van der Waals surface area contributed by atoms with E-state index in [1.807, 2.05) is 6.07 Å². The van der Waals surface area contributed by atoms with Crippen LogP contribution in [0, 0.1) is 0 Å². The van der Waals surface area contributed by atoms with E-state index in [9.17, 15) is 9.90 Å². The van der Waals surface area contributed by atoms with E-state index in [1.165, 1.54) is 13.2 Å². The lowest BCUT2D eigenvalue weighted by atomic mass is 9.93. The van der Waals surface area contributed by atoms with Crippen LogP contribution in [0.15, 0.2) is 30.4 Å². The van der Waals surface area contributed by atoms with E-state index >= 15 is 0 Å². The third-order valence-corrected chi connectivity index (χ3v) is 2.95. The molecule has 5 heteroatoms. The third-order valence-electron chi connectivity index (χ3n) is 2.95. The van der Waals surface area contributed by atoms with Crippen LogP contribution in [0.5, 0.6) is 11.5 Å². The van der Waals surface area contributed by atoms with Crippen LogP contribution in [0.2, 0.25) is 0 Å². The molecule has 0 heterocycles. The zero-order chi connectivity index (χ0) is 15.1. The normalized spacial score (nSPS) is 13.8. The topological polar surface area (TPSA) is 65.0 Å². The van der Waals surface area contributed by atoms with Crippen molar-refractivity contribution >= 4 is 5.97 Å². The third kappa shape index (κ3) is 3.99.